The Morgan fingerprint density at radius 3 is 2.94 bits per heavy atom. The normalized spacial score (nSPS) is 13.1. The first-order valence-electron chi connectivity index (χ1n) is 4.50. The van der Waals surface area contributed by atoms with Crippen LogP contribution >= 0.6 is 0 Å². The number of nitriles is 1. The summed E-state index contributed by atoms with van der Waals surface area (Å²) in [6, 6.07) is 4.41. The van der Waals surface area contributed by atoms with Gasteiger partial charge in [0.05, 0.1) is 6.10 Å². The third-order valence-corrected chi connectivity index (χ3v) is 3.19. The highest BCUT2D eigenvalue weighted by Gasteiger charge is 2.19. The Morgan fingerprint density at radius 1 is 1.69 bits per heavy atom. The van der Waals surface area contributed by atoms with Crippen molar-refractivity contribution in [3.8, 4) is 6.07 Å². The van der Waals surface area contributed by atoms with E-state index < -0.39 is 16.1 Å². The Balaban J connectivity index is 3.04. The summed E-state index contributed by atoms with van der Waals surface area (Å²) >= 11 is 0. The molecule has 6 nitrogen and oxygen atoms in total. The lowest BCUT2D eigenvalue weighted by Crippen LogP contribution is -2.31. The molecule has 0 spiro atoms. The minimum absolute atomic E-state index is 0.109. The fourth-order valence-electron chi connectivity index (χ4n) is 0.999. The summed E-state index contributed by atoms with van der Waals surface area (Å²) in [5, 5.41) is 17.7. The average molecular weight is 241 g/mol. The zero-order valence-electron chi connectivity index (χ0n) is 8.58. The van der Waals surface area contributed by atoms with E-state index in [1.165, 1.54) is 25.3 Å². The highest BCUT2D eigenvalue weighted by Crippen LogP contribution is 2.11. The molecule has 0 unspecified atom stereocenters. The van der Waals surface area contributed by atoms with Gasteiger partial charge < -0.3 is 5.11 Å². The van der Waals surface area contributed by atoms with Crippen LogP contribution in [0.2, 0.25) is 0 Å². The molecule has 0 aliphatic carbocycles. The van der Waals surface area contributed by atoms with Crippen LogP contribution < -0.4 is 4.72 Å². The summed E-state index contributed by atoms with van der Waals surface area (Å²) in [6.45, 7) is 1.35. The Kier molecular flexibility index (Phi) is 3.95. The van der Waals surface area contributed by atoms with E-state index in [0.29, 0.717) is 0 Å². The summed E-state index contributed by atoms with van der Waals surface area (Å²) < 4.78 is 25.6. The molecule has 0 aromatic carbocycles. The summed E-state index contributed by atoms with van der Waals surface area (Å²) in [4.78, 5) is 3.47. The zero-order valence-corrected chi connectivity index (χ0v) is 9.40. The monoisotopic (exact) mass is 241 g/mol. The molecule has 7 heteroatoms. The van der Waals surface area contributed by atoms with Crippen molar-refractivity contribution in [3.63, 3.8) is 0 Å². The van der Waals surface area contributed by atoms with Crippen LogP contribution in [0.1, 0.15) is 12.6 Å². The molecule has 0 bridgehead atoms. The van der Waals surface area contributed by atoms with Gasteiger partial charge in [-0.15, -0.1) is 0 Å². The molecule has 1 rings (SSSR count). The number of nitrogens with one attached hydrogen (secondary N) is 1. The number of nitrogens with zero attached hydrogens (tertiary/aromatic N) is 2. The van der Waals surface area contributed by atoms with Gasteiger partial charge in [0.2, 0.25) is 10.0 Å². The molecular formula is C9H11N3O3S. The maximum atomic E-state index is 11.7. The van der Waals surface area contributed by atoms with Crippen LogP contribution in [-0.2, 0) is 10.0 Å². The lowest BCUT2D eigenvalue weighted by atomic mass is 10.4. The molecule has 2 N–H and O–H groups in total. The quantitative estimate of drug-likeness (QED) is 0.747. The van der Waals surface area contributed by atoms with Gasteiger partial charge in [-0.2, -0.15) is 5.26 Å². The fourth-order valence-corrected chi connectivity index (χ4v) is 2.23. The van der Waals surface area contributed by atoms with Gasteiger partial charge in [-0.1, -0.05) is 0 Å². The molecule has 86 valence electrons. The standard InChI is InChI=1S/C9H11N3O3S/c1-7(13)6-12-16(14,15)9-3-2-4-11-8(9)5-10/h2-4,7,12-13H,6H2,1H3/t7-/m1/s1. The molecule has 0 aliphatic rings. The molecule has 0 radical (unpaired) electrons. The molecule has 0 amide bonds. The number of aliphatic hydroxyl groups is 1. The van der Waals surface area contributed by atoms with E-state index in [1.807, 2.05) is 0 Å². The number of aliphatic hydroxyl groups excluding tert-OH is 1. The number of hydrogen-bond donors (Lipinski definition) is 2. The third kappa shape index (κ3) is 3.00. The predicted molar refractivity (Wildman–Crippen MR) is 55.8 cm³/mol. The first-order chi connectivity index (χ1) is 7.47. The number of pyridine rings is 1. The van der Waals surface area contributed by atoms with Gasteiger partial charge in [0.25, 0.3) is 0 Å². The molecule has 1 aromatic rings. The van der Waals surface area contributed by atoms with Gasteiger partial charge in [0.1, 0.15) is 11.0 Å². The summed E-state index contributed by atoms with van der Waals surface area (Å²) in [5.74, 6) is 0. The van der Waals surface area contributed by atoms with Gasteiger partial charge in [-0.25, -0.2) is 18.1 Å². The molecule has 0 saturated carbocycles. The maximum absolute atomic E-state index is 11.7. The van der Waals surface area contributed by atoms with E-state index in [2.05, 4.69) is 9.71 Å². The fraction of sp³-hybridized carbons (Fsp3) is 0.333. The Morgan fingerprint density at radius 2 is 2.38 bits per heavy atom. The van der Waals surface area contributed by atoms with Crippen LogP contribution in [0.15, 0.2) is 23.2 Å². The Hall–Kier alpha value is -1.49. The lowest BCUT2D eigenvalue weighted by molar-refractivity contribution is 0.198. The second kappa shape index (κ2) is 5.03. The zero-order chi connectivity index (χ0) is 12.2. The van der Waals surface area contributed by atoms with Crippen LogP contribution in [0, 0.1) is 11.3 Å². The van der Waals surface area contributed by atoms with Crippen molar-refractivity contribution < 1.29 is 13.5 Å². The molecular weight excluding hydrogens is 230 g/mol. The summed E-state index contributed by atoms with van der Waals surface area (Å²) in [5.41, 5.74) is -0.166. The largest absolute Gasteiger partial charge is 0.392 e. The minimum atomic E-state index is -3.79. The number of aromatic nitrogens is 1. The van der Waals surface area contributed by atoms with Crippen molar-refractivity contribution in [2.75, 3.05) is 6.54 Å². The van der Waals surface area contributed by atoms with E-state index in [4.69, 9.17) is 10.4 Å². The van der Waals surface area contributed by atoms with Crippen LogP contribution in [0.5, 0.6) is 0 Å². The Bertz CT molecular complexity index is 505. The Labute approximate surface area is 93.6 Å². The topological polar surface area (TPSA) is 103 Å². The average Bonchev–Trinajstić information content (AvgIpc) is 2.26. The highest BCUT2D eigenvalue weighted by atomic mass is 32.2. The van der Waals surface area contributed by atoms with Gasteiger partial charge >= 0.3 is 0 Å². The second-order valence-electron chi connectivity index (χ2n) is 3.16. The van der Waals surface area contributed by atoms with Crippen molar-refractivity contribution in [2.24, 2.45) is 0 Å². The van der Waals surface area contributed by atoms with Crippen LogP contribution in [0.25, 0.3) is 0 Å². The highest BCUT2D eigenvalue weighted by molar-refractivity contribution is 7.89. The lowest BCUT2D eigenvalue weighted by Gasteiger charge is -2.08. The van der Waals surface area contributed by atoms with Crippen molar-refractivity contribution in [3.05, 3.63) is 24.0 Å². The molecule has 0 saturated heterocycles. The first kappa shape index (κ1) is 12.6. The van der Waals surface area contributed by atoms with E-state index in [1.54, 1.807) is 6.07 Å². The first-order valence-corrected chi connectivity index (χ1v) is 5.98. The van der Waals surface area contributed by atoms with Crippen molar-refractivity contribution in [2.45, 2.75) is 17.9 Å². The minimum Gasteiger partial charge on any atom is -0.392 e. The summed E-state index contributed by atoms with van der Waals surface area (Å²) in [7, 11) is -3.79. The second-order valence-corrected chi connectivity index (χ2v) is 4.90. The van der Waals surface area contributed by atoms with Crippen molar-refractivity contribution in [1.82, 2.24) is 9.71 Å². The van der Waals surface area contributed by atoms with Crippen molar-refractivity contribution in [1.29, 1.82) is 5.26 Å². The van der Waals surface area contributed by atoms with Gasteiger partial charge in [-0.3, -0.25) is 0 Å². The van der Waals surface area contributed by atoms with Gasteiger partial charge in [0.15, 0.2) is 5.69 Å². The van der Waals surface area contributed by atoms with Crippen LogP contribution in [0.3, 0.4) is 0 Å². The van der Waals surface area contributed by atoms with Crippen LogP contribution in [0.4, 0.5) is 0 Å². The molecule has 1 atom stereocenters. The summed E-state index contributed by atoms with van der Waals surface area (Å²) in [6.07, 6.45) is 0.545. The SMILES string of the molecule is C[C@@H](O)CNS(=O)(=O)c1cccnc1C#N. The molecule has 1 heterocycles. The number of hydrogen-bond acceptors (Lipinski definition) is 5. The molecule has 1 aromatic heterocycles. The van der Waals surface area contributed by atoms with E-state index in [0.717, 1.165) is 0 Å². The molecule has 16 heavy (non-hydrogen) atoms. The van der Waals surface area contributed by atoms with Gasteiger partial charge in [-0.05, 0) is 19.1 Å². The van der Waals surface area contributed by atoms with E-state index in [-0.39, 0.29) is 17.1 Å². The van der Waals surface area contributed by atoms with Crippen LogP contribution in [-0.4, -0.2) is 31.2 Å². The smallest absolute Gasteiger partial charge is 0.243 e. The third-order valence-electron chi connectivity index (χ3n) is 1.73. The molecule has 0 fully saturated rings. The van der Waals surface area contributed by atoms with Gasteiger partial charge in [0, 0.05) is 12.7 Å². The maximum Gasteiger partial charge on any atom is 0.243 e. The van der Waals surface area contributed by atoms with Crippen molar-refractivity contribution >= 4 is 10.0 Å². The van der Waals surface area contributed by atoms with E-state index in [9.17, 15) is 8.42 Å². The van der Waals surface area contributed by atoms with E-state index >= 15 is 0 Å². The number of rotatable bonds is 4. The molecule has 0 aliphatic heterocycles. The number of sulfonamides is 1. The predicted octanol–water partition coefficient (Wildman–Crippen LogP) is -0.388.